The number of nitrogens with zero attached hydrogens (tertiary/aromatic N) is 4. The van der Waals surface area contributed by atoms with Crippen LogP contribution in [0.2, 0.25) is 0 Å². The molecule has 1 heterocycles. The molecular weight excluding hydrogens is 813 g/mol. The molecule has 0 saturated carbocycles. The van der Waals surface area contributed by atoms with Crippen molar-refractivity contribution in [1.82, 2.24) is 19.6 Å². The highest BCUT2D eigenvalue weighted by atomic mass is 16.6. The van der Waals surface area contributed by atoms with Crippen LogP contribution >= 0.6 is 0 Å². The number of carbonyl (C=O) groups is 8. The molecule has 0 radical (unpaired) electrons. The van der Waals surface area contributed by atoms with Crippen LogP contribution in [0.4, 0.5) is 0 Å². The van der Waals surface area contributed by atoms with Gasteiger partial charge in [-0.1, -0.05) is 98.8 Å². The molecule has 0 aromatic rings. The van der Waals surface area contributed by atoms with Gasteiger partial charge in [0.15, 0.2) is 24.4 Å². The molecule has 63 heavy (non-hydrogen) atoms. The first-order chi connectivity index (χ1) is 29.8. The van der Waals surface area contributed by atoms with Crippen molar-refractivity contribution >= 4 is 47.5 Å². The lowest BCUT2D eigenvalue weighted by atomic mass is 10.1. The first-order valence-corrected chi connectivity index (χ1v) is 23.7. The summed E-state index contributed by atoms with van der Waals surface area (Å²) in [6, 6.07) is -4.79. The molecule has 16 heteroatoms. The summed E-state index contributed by atoms with van der Waals surface area (Å²) < 4.78 is 23.4. The van der Waals surface area contributed by atoms with E-state index in [-0.39, 0.29) is 32.1 Å². The van der Waals surface area contributed by atoms with Crippen molar-refractivity contribution in [3.8, 4) is 0 Å². The summed E-state index contributed by atoms with van der Waals surface area (Å²) in [5.41, 5.74) is 0. The number of unbranched alkanes of at least 4 members (excludes halogenated alkanes) is 10. The second-order valence-electron chi connectivity index (χ2n) is 17.1. The molecule has 0 bridgehead atoms. The summed E-state index contributed by atoms with van der Waals surface area (Å²) in [5, 5.41) is 0. The van der Waals surface area contributed by atoms with Crippen LogP contribution in [0.3, 0.4) is 0 Å². The number of hydrogen-bond acceptors (Lipinski definition) is 12. The molecule has 1 fully saturated rings. The Morgan fingerprint density at radius 1 is 0.349 bits per heavy atom. The van der Waals surface area contributed by atoms with Crippen molar-refractivity contribution in [3.05, 3.63) is 0 Å². The molecule has 8 atom stereocenters. The van der Waals surface area contributed by atoms with Crippen LogP contribution in [0.15, 0.2) is 0 Å². The zero-order valence-corrected chi connectivity index (χ0v) is 40.7. The molecule has 362 valence electrons. The Morgan fingerprint density at radius 2 is 0.587 bits per heavy atom. The highest BCUT2D eigenvalue weighted by Crippen LogP contribution is 2.22. The van der Waals surface area contributed by atoms with Crippen LogP contribution in [-0.2, 0) is 57.3 Å². The van der Waals surface area contributed by atoms with Crippen molar-refractivity contribution in [1.29, 1.82) is 0 Å². The fraction of sp³-hybridized carbons (Fsp3) is 0.830. The van der Waals surface area contributed by atoms with E-state index in [1.807, 2.05) is 20.8 Å². The third kappa shape index (κ3) is 18.0. The molecule has 1 saturated heterocycles. The maximum atomic E-state index is 14.2. The summed E-state index contributed by atoms with van der Waals surface area (Å²) in [6.07, 6.45) is 5.98. The van der Waals surface area contributed by atoms with Gasteiger partial charge in [0, 0.05) is 28.2 Å². The zero-order chi connectivity index (χ0) is 47.8. The van der Waals surface area contributed by atoms with Crippen LogP contribution in [0.5, 0.6) is 0 Å². The van der Waals surface area contributed by atoms with Gasteiger partial charge in [0.2, 0.25) is 0 Å². The second-order valence-corrected chi connectivity index (χ2v) is 17.1. The molecule has 0 aromatic carbocycles. The van der Waals surface area contributed by atoms with Crippen LogP contribution < -0.4 is 0 Å². The van der Waals surface area contributed by atoms with Crippen molar-refractivity contribution in [2.24, 2.45) is 0 Å². The van der Waals surface area contributed by atoms with E-state index in [0.717, 1.165) is 78.9 Å². The lowest BCUT2D eigenvalue weighted by Gasteiger charge is -2.34. The fourth-order valence-corrected chi connectivity index (χ4v) is 7.25. The van der Waals surface area contributed by atoms with Gasteiger partial charge in [-0.2, -0.15) is 0 Å². The molecule has 4 amide bonds. The zero-order valence-electron chi connectivity index (χ0n) is 40.7. The average Bonchev–Trinajstić information content (AvgIpc) is 3.27. The number of amides is 4. The van der Waals surface area contributed by atoms with Gasteiger partial charge in [-0.3, -0.25) is 19.2 Å². The third-order valence-electron chi connectivity index (χ3n) is 12.2. The van der Waals surface area contributed by atoms with Crippen molar-refractivity contribution < 1.29 is 57.3 Å². The van der Waals surface area contributed by atoms with E-state index >= 15 is 0 Å². The molecule has 1 aliphatic heterocycles. The minimum absolute atomic E-state index is 0.110. The van der Waals surface area contributed by atoms with Crippen molar-refractivity contribution in [2.45, 2.75) is 226 Å². The maximum absolute atomic E-state index is 14.2. The molecule has 1 aliphatic rings. The van der Waals surface area contributed by atoms with Crippen LogP contribution in [0.25, 0.3) is 0 Å². The van der Waals surface area contributed by atoms with Gasteiger partial charge in [-0.25, -0.2) is 19.2 Å². The summed E-state index contributed by atoms with van der Waals surface area (Å²) >= 11 is 0. The Kier molecular flexibility index (Phi) is 27.0. The molecule has 0 N–H and O–H groups in total. The van der Waals surface area contributed by atoms with Crippen molar-refractivity contribution in [3.63, 3.8) is 0 Å². The van der Waals surface area contributed by atoms with Gasteiger partial charge < -0.3 is 38.5 Å². The second kappa shape index (κ2) is 30.0. The van der Waals surface area contributed by atoms with E-state index in [9.17, 15) is 38.4 Å². The van der Waals surface area contributed by atoms with Gasteiger partial charge in [0.1, 0.15) is 24.2 Å². The highest BCUT2D eigenvalue weighted by molar-refractivity contribution is 5.94. The molecule has 0 aromatic heterocycles. The normalized spacial score (nSPS) is 26.0. The quantitative estimate of drug-likeness (QED) is 0.0777. The van der Waals surface area contributed by atoms with Gasteiger partial charge in [0.05, 0.1) is 0 Å². The van der Waals surface area contributed by atoms with Crippen molar-refractivity contribution in [2.75, 3.05) is 28.2 Å². The number of ether oxygens (including phenoxy) is 4. The highest BCUT2D eigenvalue weighted by Gasteiger charge is 2.41. The fourth-order valence-electron chi connectivity index (χ4n) is 7.25. The first-order valence-electron chi connectivity index (χ1n) is 23.7. The van der Waals surface area contributed by atoms with E-state index in [1.165, 1.54) is 53.9 Å². The summed E-state index contributed by atoms with van der Waals surface area (Å²) in [6.45, 7) is 14.1. The predicted octanol–water partition coefficient (Wildman–Crippen LogP) is 6.53. The molecule has 0 spiro atoms. The molecule has 0 unspecified atom stereocenters. The van der Waals surface area contributed by atoms with Crippen LogP contribution in [-0.4, -0.2) is 144 Å². The predicted molar refractivity (Wildman–Crippen MR) is 239 cm³/mol. The van der Waals surface area contributed by atoms with E-state index in [0.29, 0.717) is 25.7 Å². The third-order valence-corrected chi connectivity index (χ3v) is 12.2. The van der Waals surface area contributed by atoms with E-state index < -0.39 is 96.1 Å². The minimum Gasteiger partial charge on any atom is -0.451 e. The largest absolute Gasteiger partial charge is 0.451 e. The van der Waals surface area contributed by atoms with Gasteiger partial charge in [0.25, 0.3) is 23.6 Å². The number of hydrogen-bond donors (Lipinski definition) is 0. The average molecular weight is 895 g/mol. The standard InChI is InChI=1S/C47H82N4O12/c1-13-18-22-23-27-31-38-42(54)50(11)33(7)45(57)61-36(28-24-19-14-2)40(52)48(9)32(6)44(56)60-37(29-25-20-15-3)41(53)49(10)34(8)46(58)62-39(30-26-21-16-4)43(55)51(12)35(17-5)47(59)63-38/h32-39H,13-31H2,1-12H3/t32-,33-,34-,35-,36+,37-,38+,39+/m0/s1. The summed E-state index contributed by atoms with van der Waals surface area (Å²) in [5.74, 6) is -6.09. The lowest BCUT2D eigenvalue weighted by Crippen LogP contribution is -2.53. The minimum atomic E-state index is -1.31. The number of likely N-dealkylation sites (N-methyl/N-ethyl adjacent to an activating group) is 4. The van der Waals surface area contributed by atoms with Gasteiger partial charge in [-0.05, 0) is 78.6 Å². The topological polar surface area (TPSA) is 186 Å². The van der Waals surface area contributed by atoms with Crippen LogP contribution in [0, 0.1) is 0 Å². The smallest absolute Gasteiger partial charge is 0.329 e. The number of rotatable bonds is 19. The molecule has 16 nitrogen and oxygen atoms in total. The Morgan fingerprint density at radius 3 is 0.873 bits per heavy atom. The first kappa shape index (κ1) is 56.8. The number of esters is 4. The number of carbonyl (C=O) groups excluding carboxylic acids is 8. The summed E-state index contributed by atoms with van der Waals surface area (Å²) in [7, 11) is 5.58. The Balaban J connectivity index is 3.87. The number of cyclic esters (lactones) is 4. The van der Waals surface area contributed by atoms with E-state index in [4.69, 9.17) is 18.9 Å². The van der Waals surface area contributed by atoms with Crippen LogP contribution in [0.1, 0.15) is 177 Å². The molecule has 0 aliphatic carbocycles. The van der Waals surface area contributed by atoms with E-state index in [2.05, 4.69) is 6.92 Å². The Hall–Kier alpha value is -4.24. The Labute approximate surface area is 377 Å². The Bertz CT molecular complexity index is 1480. The summed E-state index contributed by atoms with van der Waals surface area (Å²) in [4.78, 5) is 116. The SMILES string of the molecule is CCCCCCC[C@H]1OC(=O)[C@H](CC)N(C)C(=O)[C@@H](CCCCC)OC(=O)[C@H](C)N(C)C(=O)[C@H](CCCCC)OC(=O)[C@H](C)N(C)C(=O)[C@@H](CCCCC)OC(=O)[C@H](C)N(C)C1=O. The molecule has 1 rings (SSSR count). The monoisotopic (exact) mass is 895 g/mol. The lowest BCUT2D eigenvalue weighted by molar-refractivity contribution is -0.176. The maximum Gasteiger partial charge on any atom is 0.329 e. The van der Waals surface area contributed by atoms with Gasteiger partial charge >= 0.3 is 23.9 Å². The van der Waals surface area contributed by atoms with E-state index in [1.54, 1.807) is 6.92 Å². The van der Waals surface area contributed by atoms with Gasteiger partial charge in [-0.15, -0.1) is 0 Å². The molecular formula is C47H82N4O12.